The van der Waals surface area contributed by atoms with Gasteiger partial charge in [-0.2, -0.15) is 0 Å². The molecule has 18 heavy (non-hydrogen) atoms. The maximum absolute atomic E-state index is 12.0. The first-order valence-electron chi connectivity index (χ1n) is 5.88. The highest BCUT2D eigenvalue weighted by atomic mass is 32.2. The molecule has 0 saturated heterocycles. The minimum absolute atomic E-state index is 0.0488. The second-order valence-corrected chi connectivity index (χ2v) is 6.06. The Morgan fingerprint density at radius 3 is 2.78 bits per heavy atom. The van der Waals surface area contributed by atoms with E-state index in [9.17, 15) is 4.79 Å². The summed E-state index contributed by atoms with van der Waals surface area (Å²) in [4.78, 5) is 12.0. The summed E-state index contributed by atoms with van der Waals surface area (Å²) in [5.74, 6) is -0.0750. The van der Waals surface area contributed by atoms with E-state index in [4.69, 9.17) is 10.8 Å². The first kappa shape index (κ1) is 14.9. The number of hydrogen-bond donors (Lipinski definition) is 3. The van der Waals surface area contributed by atoms with Crippen LogP contribution in [0.1, 0.15) is 19.4 Å². The van der Waals surface area contributed by atoms with Crippen LogP contribution in [0, 0.1) is 6.92 Å². The molecule has 0 aliphatic heterocycles. The van der Waals surface area contributed by atoms with Crippen LogP contribution in [0.4, 0.5) is 11.4 Å². The van der Waals surface area contributed by atoms with Crippen molar-refractivity contribution in [2.45, 2.75) is 31.3 Å². The molecule has 2 atom stereocenters. The molecule has 0 bridgehead atoms. The molecule has 0 aliphatic rings. The molecule has 1 aromatic rings. The molecule has 0 fully saturated rings. The van der Waals surface area contributed by atoms with E-state index < -0.39 is 0 Å². The van der Waals surface area contributed by atoms with Gasteiger partial charge in [0.05, 0.1) is 11.9 Å². The van der Waals surface area contributed by atoms with Gasteiger partial charge in [0.15, 0.2) is 0 Å². The number of carbonyl (C=O) groups excluding carboxylic acids is 1. The molecule has 2 unspecified atom stereocenters. The maximum Gasteiger partial charge on any atom is 0.237 e. The summed E-state index contributed by atoms with van der Waals surface area (Å²) >= 11 is 1.44. The molecule has 0 aliphatic carbocycles. The zero-order valence-corrected chi connectivity index (χ0v) is 11.8. The van der Waals surface area contributed by atoms with Gasteiger partial charge in [-0.3, -0.25) is 4.79 Å². The quantitative estimate of drug-likeness (QED) is 0.714. The lowest BCUT2D eigenvalue weighted by Crippen LogP contribution is -2.25. The Balaban J connectivity index is 2.67. The van der Waals surface area contributed by atoms with Crippen molar-refractivity contribution in [2.75, 3.05) is 17.7 Å². The van der Waals surface area contributed by atoms with Crippen molar-refractivity contribution in [1.29, 1.82) is 0 Å². The Morgan fingerprint density at radius 1 is 1.50 bits per heavy atom. The van der Waals surface area contributed by atoms with Gasteiger partial charge in [0.2, 0.25) is 5.91 Å². The average molecular weight is 268 g/mol. The van der Waals surface area contributed by atoms with E-state index in [1.54, 1.807) is 6.07 Å². The highest BCUT2D eigenvalue weighted by molar-refractivity contribution is 8.01. The maximum atomic E-state index is 12.0. The summed E-state index contributed by atoms with van der Waals surface area (Å²) in [5, 5.41) is 11.7. The van der Waals surface area contributed by atoms with Crippen LogP contribution in [0.3, 0.4) is 0 Å². The van der Waals surface area contributed by atoms with E-state index in [0.29, 0.717) is 5.69 Å². The number of carbonyl (C=O) groups is 1. The van der Waals surface area contributed by atoms with E-state index in [1.165, 1.54) is 11.8 Å². The molecule has 1 amide bonds. The van der Waals surface area contributed by atoms with Crippen LogP contribution in [0.25, 0.3) is 0 Å². The van der Waals surface area contributed by atoms with E-state index in [2.05, 4.69) is 5.32 Å². The van der Waals surface area contributed by atoms with Gasteiger partial charge in [0, 0.05) is 16.6 Å². The standard InChI is InChI=1S/C13H20N2O2S/c1-8(7-16)18-10(3)13(17)15-12-6-4-5-11(14)9(12)2/h4-6,8,10,16H,7,14H2,1-3H3,(H,15,17). The summed E-state index contributed by atoms with van der Waals surface area (Å²) < 4.78 is 0. The molecule has 0 radical (unpaired) electrons. The van der Waals surface area contributed by atoms with Gasteiger partial charge in [-0.1, -0.05) is 13.0 Å². The van der Waals surface area contributed by atoms with Gasteiger partial charge in [0.25, 0.3) is 0 Å². The third kappa shape index (κ3) is 3.92. The monoisotopic (exact) mass is 268 g/mol. The van der Waals surface area contributed by atoms with Crippen molar-refractivity contribution >= 4 is 29.0 Å². The van der Waals surface area contributed by atoms with Crippen LogP contribution in [-0.2, 0) is 4.79 Å². The predicted octanol–water partition coefficient (Wildman–Crippen LogP) is 2.02. The number of nitrogens with one attached hydrogen (secondary N) is 1. The average Bonchev–Trinajstić information content (AvgIpc) is 2.34. The van der Waals surface area contributed by atoms with Crippen LogP contribution in [0.15, 0.2) is 18.2 Å². The van der Waals surface area contributed by atoms with Crippen molar-refractivity contribution < 1.29 is 9.90 Å². The van der Waals surface area contributed by atoms with Crippen LogP contribution in [-0.4, -0.2) is 28.1 Å². The number of rotatable bonds is 5. The number of anilines is 2. The van der Waals surface area contributed by atoms with Gasteiger partial charge in [-0.25, -0.2) is 0 Å². The Labute approximate surface area is 112 Å². The van der Waals surface area contributed by atoms with Crippen molar-refractivity contribution in [3.8, 4) is 0 Å². The zero-order valence-electron chi connectivity index (χ0n) is 10.9. The lowest BCUT2D eigenvalue weighted by atomic mass is 10.1. The Kier molecular flexibility index (Phi) is 5.50. The van der Waals surface area contributed by atoms with Gasteiger partial charge >= 0.3 is 0 Å². The minimum Gasteiger partial charge on any atom is -0.398 e. The summed E-state index contributed by atoms with van der Waals surface area (Å²) in [5.41, 5.74) is 8.06. The van der Waals surface area contributed by atoms with Crippen LogP contribution in [0.5, 0.6) is 0 Å². The van der Waals surface area contributed by atoms with Crippen molar-refractivity contribution in [1.82, 2.24) is 0 Å². The summed E-state index contributed by atoms with van der Waals surface area (Å²) in [6.45, 7) is 5.66. The van der Waals surface area contributed by atoms with Gasteiger partial charge in [0.1, 0.15) is 0 Å². The van der Waals surface area contributed by atoms with Gasteiger partial charge in [-0.05, 0) is 31.5 Å². The number of hydrogen-bond acceptors (Lipinski definition) is 4. The smallest absolute Gasteiger partial charge is 0.237 e. The lowest BCUT2D eigenvalue weighted by Gasteiger charge is -2.16. The molecular formula is C13H20N2O2S. The van der Waals surface area contributed by atoms with E-state index in [-0.39, 0.29) is 23.0 Å². The van der Waals surface area contributed by atoms with Crippen LogP contribution >= 0.6 is 11.8 Å². The SMILES string of the molecule is Cc1c(N)cccc1NC(=O)C(C)SC(C)CO. The molecule has 4 N–H and O–H groups in total. The van der Waals surface area contributed by atoms with Crippen LogP contribution < -0.4 is 11.1 Å². The Morgan fingerprint density at radius 2 is 2.17 bits per heavy atom. The summed E-state index contributed by atoms with van der Waals surface area (Å²) in [7, 11) is 0. The van der Waals surface area contributed by atoms with Crippen LogP contribution in [0.2, 0.25) is 0 Å². The molecule has 4 nitrogen and oxygen atoms in total. The van der Waals surface area contributed by atoms with Crippen molar-refractivity contribution in [2.24, 2.45) is 0 Å². The third-order valence-corrected chi connectivity index (χ3v) is 3.93. The largest absolute Gasteiger partial charge is 0.398 e. The Bertz CT molecular complexity index is 423. The second-order valence-electron chi connectivity index (χ2n) is 4.28. The number of aliphatic hydroxyl groups excluding tert-OH is 1. The molecule has 100 valence electrons. The fourth-order valence-corrected chi connectivity index (χ4v) is 2.44. The molecule has 0 spiro atoms. The first-order valence-corrected chi connectivity index (χ1v) is 6.82. The molecule has 0 saturated carbocycles. The van der Waals surface area contributed by atoms with Gasteiger partial charge in [-0.15, -0.1) is 11.8 Å². The van der Waals surface area contributed by atoms with E-state index >= 15 is 0 Å². The highest BCUT2D eigenvalue weighted by Gasteiger charge is 2.17. The number of thioether (sulfide) groups is 1. The number of nitrogens with two attached hydrogens (primary N) is 1. The normalized spacial score (nSPS) is 14.0. The number of nitrogen functional groups attached to an aromatic ring is 1. The lowest BCUT2D eigenvalue weighted by molar-refractivity contribution is -0.115. The number of benzene rings is 1. The third-order valence-electron chi connectivity index (χ3n) is 2.70. The highest BCUT2D eigenvalue weighted by Crippen LogP contribution is 2.23. The topological polar surface area (TPSA) is 75.3 Å². The van der Waals surface area contributed by atoms with E-state index in [0.717, 1.165) is 11.3 Å². The van der Waals surface area contributed by atoms with Crippen molar-refractivity contribution in [3.63, 3.8) is 0 Å². The first-order chi connectivity index (χ1) is 8.45. The molecule has 1 rings (SSSR count). The molecular weight excluding hydrogens is 248 g/mol. The number of amides is 1. The Hall–Kier alpha value is -1.20. The summed E-state index contributed by atoms with van der Waals surface area (Å²) in [6.07, 6.45) is 0. The molecule has 0 heterocycles. The summed E-state index contributed by atoms with van der Waals surface area (Å²) in [6, 6.07) is 5.44. The van der Waals surface area contributed by atoms with Gasteiger partial charge < -0.3 is 16.2 Å². The zero-order chi connectivity index (χ0) is 13.7. The van der Waals surface area contributed by atoms with E-state index in [1.807, 2.05) is 32.9 Å². The molecule has 5 heteroatoms. The molecule has 1 aromatic carbocycles. The minimum atomic E-state index is -0.215. The predicted molar refractivity (Wildman–Crippen MR) is 77.8 cm³/mol. The number of aliphatic hydroxyl groups is 1. The fraction of sp³-hybridized carbons (Fsp3) is 0.462. The van der Waals surface area contributed by atoms with Crippen molar-refractivity contribution in [3.05, 3.63) is 23.8 Å². The second kappa shape index (κ2) is 6.66. The fourth-order valence-electron chi connectivity index (χ4n) is 1.48. The molecule has 0 aromatic heterocycles.